The van der Waals surface area contributed by atoms with Gasteiger partial charge in [0.1, 0.15) is 5.75 Å². The second kappa shape index (κ2) is 5.87. The van der Waals surface area contributed by atoms with E-state index in [4.69, 9.17) is 9.05 Å². The summed E-state index contributed by atoms with van der Waals surface area (Å²) in [5, 5.41) is 17.4. The topological polar surface area (TPSA) is 85.2 Å². The number of hydrogen-bond donors (Lipinski definition) is 1. The first kappa shape index (κ1) is 14.0. The molecule has 6 heteroatoms. The maximum Gasteiger partial charge on any atom is 0.296 e. The largest absolute Gasteiger partial charge is 0.508 e. The predicted octanol–water partition coefficient (Wildman–Crippen LogP) is 3.68. The maximum atomic E-state index is 9.30. The van der Waals surface area contributed by atoms with Crippen LogP contribution >= 0.6 is 0 Å². The molecule has 2 aromatic heterocycles. The van der Waals surface area contributed by atoms with Gasteiger partial charge < -0.3 is 14.2 Å². The average Bonchev–Trinajstić information content (AvgIpc) is 3.30. The van der Waals surface area contributed by atoms with Crippen molar-refractivity contribution in [3.8, 4) is 17.4 Å². The number of phenolic OH excluding ortho intramolecular Hbond substituents is 1. The van der Waals surface area contributed by atoms with E-state index in [9.17, 15) is 5.11 Å². The van der Waals surface area contributed by atoms with Gasteiger partial charge >= 0.3 is 0 Å². The van der Waals surface area contributed by atoms with E-state index < -0.39 is 0 Å². The van der Waals surface area contributed by atoms with Crippen LogP contribution in [0.25, 0.3) is 11.7 Å². The molecule has 6 nitrogen and oxygen atoms in total. The Morgan fingerprint density at radius 3 is 2.61 bits per heavy atom. The zero-order valence-corrected chi connectivity index (χ0v) is 12.6. The lowest BCUT2D eigenvalue weighted by atomic mass is 10.0. The first-order valence-corrected chi connectivity index (χ1v) is 7.85. The van der Waals surface area contributed by atoms with E-state index in [0.717, 1.165) is 11.3 Å². The van der Waals surface area contributed by atoms with Crippen LogP contribution in [0.3, 0.4) is 0 Å². The number of nitrogens with zero attached hydrogens (tertiary/aromatic N) is 3. The van der Waals surface area contributed by atoms with Gasteiger partial charge in [0.05, 0.1) is 5.69 Å². The van der Waals surface area contributed by atoms with Crippen LogP contribution in [0.1, 0.15) is 48.7 Å². The SMILES string of the molecule is Oc1ccc(Cc2noc(-c3cc(C4CCCC4)no3)n2)cc1. The fourth-order valence-corrected chi connectivity index (χ4v) is 3.03. The van der Waals surface area contributed by atoms with Crippen molar-refractivity contribution in [2.75, 3.05) is 0 Å². The maximum absolute atomic E-state index is 9.30. The Morgan fingerprint density at radius 2 is 1.83 bits per heavy atom. The molecular formula is C17H17N3O3. The molecule has 1 aliphatic rings. The highest BCUT2D eigenvalue weighted by Crippen LogP contribution is 2.34. The van der Waals surface area contributed by atoms with E-state index in [-0.39, 0.29) is 5.75 Å². The molecule has 0 amide bonds. The molecule has 118 valence electrons. The third kappa shape index (κ3) is 2.97. The van der Waals surface area contributed by atoms with Gasteiger partial charge in [-0.1, -0.05) is 35.3 Å². The Morgan fingerprint density at radius 1 is 1.04 bits per heavy atom. The summed E-state index contributed by atoms with van der Waals surface area (Å²) in [4.78, 5) is 4.36. The minimum absolute atomic E-state index is 0.239. The van der Waals surface area contributed by atoms with E-state index >= 15 is 0 Å². The summed E-state index contributed by atoms with van der Waals surface area (Å²) in [7, 11) is 0. The molecule has 2 heterocycles. The number of benzene rings is 1. The molecule has 23 heavy (non-hydrogen) atoms. The first-order chi connectivity index (χ1) is 11.3. The summed E-state index contributed by atoms with van der Waals surface area (Å²) in [5.41, 5.74) is 1.98. The molecule has 0 saturated heterocycles. The van der Waals surface area contributed by atoms with Gasteiger partial charge in [-0.2, -0.15) is 4.98 Å². The fourth-order valence-electron chi connectivity index (χ4n) is 3.03. The molecule has 1 N–H and O–H groups in total. The summed E-state index contributed by atoms with van der Waals surface area (Å²) in [6, 6.07) is 8.85. The van der Waals surface area contributed by atoms with Crippen LogP contribution in [-0.4, -0.2) is 20.4 Å². The van der Waals surface area contributed by atoms with Crippen molar-refractivity contribution in [1.29, 1.82) is 0 Å². The summed E-state index contributed by atoms with van der Waals surface area (Å²) in [6.45, 7) is 0. The summed E-state index contributed by atoms with van der Waals surface area (Å²) >= 11 is 0. The normalized spacial score (nSPS) is 15.3. The molecule has 0 unspecified atom stereocenters. The molecule has 1 fully saturated rings. The summed E-state index contributed by atoms with van der Waals surface area (Å²) in [5.74, 6) is 2.19. The van der Waals surface area contributed by atoms with Crippen molar-refractivity contribution >= 4 is 0 Å². The number of hydrogen-bond acceptors (Lipinski definition) is 6. The smallest absolute Gasteiger partial charge is 0.296 e. The molecular weight excluding hydrogens is 294 g/mol. The van der Waals surface area contributed by atoms with Crippen LogP contribution in [0.4, 0.5) is 0 Å². The monoisotopic (exact) mass is 311 g/mol. The second-order valence-electron chi connectivity index (χ2n) is 5.96. The zero-order valence-electron chi connectivity index (χ0n) is 12.6. The van der Waals surface area contributed by atoms with Gasteiger partial charge in [-0.15, -0.1) is 0 Å². The molecule has 0 radical (unpaired) electrons. The van der Waals surface area contributed by atoms with Crippen molar-refractivity contribution in [3.63, 3.8) is 0 Å². The van der Waals surface area contributed by atoms with Gasteiger partial charge in [-0.05, 0) is 30.5 Å². The fraction of sp³-hybridized carbons (Fsp3) is 0.353. The number of aromatic hydroxyl groups is 1. The standard InChI is InChI=1S/C17H17N3O3/c21-13-7-5-11(6-8-13)9-16-18-17(23-20-16)15-10-14(19-22-15)12-3-1-2-4-12/h5-8,10,12,21H,1-4,9H2. The summed E-state index contributed by atoms with van der Waals surface area (Å²) in [6.07, 6.45) is 5.38. The van der Waals surface area contributed by atoms with E-state index in [0.29, 0.717) is 29.8 Å². The van der Waals surface area contributed by atoms with E-state index in [1.807, 2.05) is 18.2 Å². The van der Waals surface area contributed by atoms with Gasteiger partial charge in [-0.25, -0.2) is 0 Å². The van der Waals surface area contributed by atoms with Crippen LogP contribution in [0.2, 0.25) is 0 Å². The molecule has 0 aliphatic heterocycles. The minimum atomic E-state index is 0.239. The molecule has 1 aliphatic carbocycles. The number of aromatic nitrogens is 3. The van der Waals surface area contributed by atoms with E-state index in [2.05, 4.69) is 15.3 Å². The Labute approximate surface area is 133 Å². The predicted molar refractivity (Wildman–Crippen MR) is 81.9 cm³/mol. The lowest BCUT2D eigenvalue weighted by Gasteiger charge is -2.00. The quantitative estimate of drug-likeness (QED) is 0.791. The molecule has 3 aromatic rings. The van der Waals surface area contributed by atoms with Crippen LogP contribution in [0, 0.1) is 0 Å². The van der Waals surface area contributed by atoms with Crippen molar-refractivity contribution in [2.45, 2.75) is 38.0 Å². The average molecular weight is 311 g/mol. The van der Waals surface area contributed by atoms with Gasteiger partial charge in [-0.3, -0.25) is 0 Å². The highest BCUT2D eigenvalue weighted by atomic mass is 16.5. The van der Waals surface area contributed by atoms with Crippen LogP contribution in [-0.2, 0) is 6.42 Å². The van der Waals surface area contributed by atoms with Gasteiger partial charge in [0.2, 0.25) is 5.76 Å². The summed E-state index contributed by atoms with van der Waals surface area (Å²) < 4.78 is 10.6. The van der Waals surface area contributed by atoms with Crippen molar-refractivity contribution in [1.82, 2.24) is 15.3 Å². The zero-order chi connectivity index (χ0) is 15.6. The Bertz CT molecular complexity index is 786. The van der Waals surface area contributed by atoms with Crippen LogP contribution in [0.5, 0.6) is 5.75 Å². The Kier molecular flexibility index (Phi) is 3.57. The number of phenols is 1. The lowest BCUT2D eigenvalue weighted by Crippen LogP contribution is -1.91. The number of rotatable bonds is 4. The van der Waals surface area contributed by atoms with E-state index in [1.165, 1.54) is 25.7 Å². The van der Waals surface area contributed by atoms with Crippen molar-refractivity contribution in [3.05, 3.63) is 47.4 Å². The third-order valence-electron chi connectivity index (χ3n) is 4.28. The van der Waals surface area contributed by atoms with Gasteiger partial charge in [0, 0.05) is 18.4 Å². The molecule has 4 rings (SSSR count). The van der Waals surface area contributed by atoms with E-state index in [1.54, 1.807) is 12.1 Å². The van der Waals surface area contributed by atoms with Crippen LogP contribution < -0.4 is 0 Å². The highest BCUT2D eigenvalue weighted by Gasteiger charge is 2.23. The van der Waals surface area contributed by atoms with Crippen molar-refractivity contribution < 1.29 is 14.2 Å². The minimum Gasteiger partial charge on any atom is -0.508 e. The molecule has 0 bridgehead atoms. The second-order valence-corrected chi connectivity index (χ2v) is 5.96. The molecule has 0 spiro atoms. The molecule has 1 aromatic carbocycles. The third-order valence-corrected chi connectivity index (χ3v) is 4.28. The van der Waals surface area contributed by atoms with Gasteiger partial charge in [0.25, 0.3) is 5.89 Å². The molecule has 1 saturated carbocycles. The Hall–Kier alpha value is -2.63. The first-order valence-electron chi connectivity index (χ1n) is 7.85. The van der Waals surface area contributed by atoms with Crippen LogP contribution in [0.15, 0.2) is 39.4 Å². The van der Waals surface area contributed by atoms with Gasteiger partial charge in [0.15, 0.2) is 5.82 Å². The van der Waals surface area contributed by atoms with Crippen molar-refractivity contribution in [2.24, 2.45) is 0 Å². The molecule has 0 atom stereocenters. The lowest BCUT2D eigenvalue weighted by molar-refractivity contribution is 0.377. The highest BCUT2D eigenvalue weighted by molar-refractivity contribution is 5.44. The Balaban J connectivity index is 1.50.